The lowest BCUT2D eigenvalue weighted by Crippen LogP contribution is -2.32. The number of hydrogen-bond donors (Lipinski definition) is 2. The van der Waals surface area contributed by atoms with Crippen LogP contribution in [0.15, 0.2) is 47.9 Å². The number of nitrogens with zero attached hydrogens (tertiary/aromatic N) is 3. The number of piperidine rings is 1. The number of aryl methyl sites for hydroxylation is 1. The minimum Gasteiger partial charge on any atom is -0.391 e. The molecule has 0 unspecified atom stereocenters. The van der Waals surface area contributed by atoms with Crippen LogP contribution in [0.25, 0.3) is 11.0 Å². The number of fused-ring (bicyclic) bond motifs is 1. The topological polar surface area (TPSA) is 68.5 Å². The summed E-state index contributed by atoms with van der Waals surface area (Å²) in [6.45, 7) is 2.10. The number of rotatable bonds is 5. The van der Waals surface area contributed by atoms with Gasteiger partial charge >= 0.3 is 0 Å². The Morgan fingerprint density at radius 3 is 2.93 bits per heavy atom. The fourth-order valence-corrected chi connectivity index (χ4v) is 3.86. The summed E-state index contributed by atoms with van der Waals surface area (Å²) in [4.78, 5) is 5.50. The summed E-state index contributed by atoms with van der Waals surface area (Å²) in [6.07, 6.45) is 5.67. The maximum Gasteiger partial charge on any atom is 0.230 e. The Labute approximate surface area is 173 Å². The molecule has 0 radical (unpaired) electrons. The van der Waals surface area contributed by atoms with Crippen LogP contribution in [-0.4, -0.2) is 29.6 Å². The molecule has 1 aliphatic rings. The lowest BCUT2D eigenvalue weighted by Gasteiger charge is -2.20. The summed E-state index contributed by atoms with van der Waals surface area (Å²) in [5, 5.41) is 7.55. The first-order chi connectivity index (χ1) is 14.0. The Morgan fingerprint density at radius 2 is 2.17 bits per heavy atom. The van der Waals surface area contributed by atoms with Crippen molar-refractivity contribution in [1.29, 1.82) is 0 Å². The van der Waals surface area contributed by atoms with E-state index in [1.165, 1.54) is 6.07 Å². The van der Waals surface area contributed by atoms with Crippen molar-refractivity contribution >= 4 is 28.5 Å². The van der Waals surface area contributed by atoms with Gasteiger partial charge in [0.1, 0.15) is 24.5 Å². The molecule has 3 aromatic rings. The van der Waals surface area contributed by atoms with Crippen LogP contribution in [0.1, 0.15) is 24.0 Å². The first-order valence-electron chi connectivity index (χ1n) is 9.64. The normalized spacial score (nSPS) is 15.8. The van der Waals surface area contributed by atoms with Crippen LogP contribution in [0.4, 0.5) is 4.39 Å². The molecule has 0 saturated carbocycles. The zero-order chi connectivity index (χ0) is 20.4. The van der Waals surface area contributed by atoms with E-state index in [9.17, 15) is 4.39 Å². The van der Waals surface area contributed by atoms with E-state index in [0.717, 1.165) is 37.0 Å². The molecule has 29 heavy (non-hydrogen) atoms. The van der Waals surface area contributed by atoms with Crippen LogP contribution in [0.3, 0.4) is 0 Å². The van der Waals surface area contributed by atoms with Crippen LogP contribution in [0, 0.1) is 5.82 Å². The van der Waals surface area contributed by atoms with E-state index in [1.54, 1.807) is 6.07 Å². The van der Waals surface area contributed by atoms with Gasteiger partial charge in [-0.2, -0.15) is 4.57 Å². The first kappa shape index (κ1) is 19.7. The molecule has 0 bridgehead atoms. The highest BCUT2D eigenvalue weighted by Crippen LogP contribution is 2.24. The first-order valence-corrected chi connectivity index (χ1v) is 10.0. The Balaban J connectivity index is 1.55. The Hall–Kier alpha value is -2.64. The summed E-state index contributed by atoms with van der Waals surface area (Å²) in [5.41, 5.74) is 8.89. The third kappa shape index (κ3) is 4.21. The van der Waals surface area contributed by atoms with Gasteiger partial charge in [0, 0.05) is 34.5 Å². The van der Waals surface area contributed by atoms with Gasteiger partial charge in [0.2, 0.25) is 5.52 Å². The molecule has 0 spiro atoms. The van der Waals surface area contributed by atoms with E-state index in [4.69, 9.17) is 22.2 Å². The van der Waals surface area contributed by atoms with Crippen LogP contribution in [0.5, 0.6) is 0 Å². The summed E-state index contributed by atoms with van der Waals surface area (Å²) in [5.74, 6) is -0.302. The number of hydrogen-bond acceptors (Lipinski definition) is 3. The highest BCUT2D eigenvalue weighted by molar-refractivity contribution is 6.31. The third-order valence-corrected chi connectivity index (χ3v) is 5.62. The third-order valence-electron chi connectivity index (χ3n) is 5.28. The van der Waals surface area contributed by atoms with Crippen LogP contribution in [-0.2, 0) is 18.4 Å². The second kappa shape index (κ2) is 8.39. The predicted octanol–water partition coefficient (Wildman–Crippen LogP) is 2.70. The summed E-state index contributed by atoms with van der Waals surface area (Å²) in [7, 11) is 1.98. The summed E-state index contributed by atoms with van der Waals surface area (Å²) in [6, 6.07) is 8.95. The van der Waals surface area contributed by atoms with Crippen molar-refractivity contribution in [1.82, 2.24) is 9.88 Å². The van der Waals surface area contributed by atoms with Crippen molar-refractivity contribution < 1.29 is 13.8 Å². The summed E-state index contributed by atoms with van der Waals surface area (Å²) >= 11 is 6.41. The quantitative estimate of drug-likeness (QED) is 0.291. The second-order valence-corrected chi connectivity index (χ2v) is 7.69. The molecule has 0 amide bonds. The molecule has 1 fully saturated rings. The molecule has 1 aliphatic heterocycles. The second-order valence-electron chi connectivity index (χ2n) is 7.28. The van der Waals surface area contributed by atoms with Gasteiger partial charge in [-0.3, -0.25) is 0 Å². The van der Waals surface area contributed by atoms with Crippen molar-refractivity contribution in [2.45, 2.75) is 25.5 Å². The molecule has 3 heterocycles. The number of amidine groups is 1. The van der Waals surface area contributed by atoms with E-state index in [2.05, 4.69) is 10.5 Å². The number of nitrogens with two attached hydrogens (primary N) is 1. The molecule has 152 valence electrons. The molecule has 0 atom stereocenters. The average Bonchev–Trinajstić information content (AvgIpc) is 3.14. The predicted molar refractivity (Wildman–Crippen MR) is 111 cm³/mol. The van der Waals surface area contributed by atoms with Crippen molar-refractivity contribution in [3.8, 4) is 0 Å². The molecule has 8 heteroatoms. The molecule has 2 aromatic heterocycles. The highest BCUT2D eigenvalue weighted by Gasteiger charge is 2.17. The molecule has 4 rings (SSSR count). The van der Waals surface area contributed by atoms with Crippen molar-refractivity contribution in [3.05, 3.63) is 64.7 Å². The van der Waals surface area contributed by atoms with Crippen molar-refractivity contribution in [2.24, 2.45) is 17.9 Å². The van der Waals surface area contributed by atoms with Gasteiger partial charge < -0.3 is 20.5 Å². The van der Waals surface area contributed by atoms with Gasteiger partial charge in [-0.25, -0.2) is 4.39 Å². The van der Waals surface area contributed by atoms with Crippen LogP contribution in [0.2, 0.25) is 5.02 Å². The van der Waals surface area contributed by atoms with Crippen molar-refractivity contribution in [2.75, 3.05) is 13.1 Å². The largest absolute Gasteiger partial charge is 0.391 e. The molecule has 3 N–H and O–H groups in total. The van der Waals surface area contributed by atoms with Gasteiger partial charge in [0.05, 0.1) is 6.54 Å². The molecule has 1 aromatic carbocycles. The fraction of sp³-hybridized carbons (Fsp3) is 0.333. The smallest absolute Gasteiger partial charge is 0.230 e. The van der Waals surface area contributed by atoms with E-state index in [-0.39, 0.29) is 11.9 Å². The van der Waals surface area contributed by atoms with E-state index >= 15 is 0 Å². The van der Waals surface area contributed by atoms with E-state index in [0.29, 0.717) is 22.7 Å². The number of pyridine rings is 1. The highest BCUT2D eigenvalue weighted by atomic mass is 35.5. The lowest BCUT2D eigenvalue weighted by atomic mass is 10.1. The zero-order valence-corrected chi connectivity index (χ0v) is 17.0. The molecule has 6 nitrogen and oxygen atoms in total. The van der Waals surface area contributed by atoms with Gasteiger partial charge in [-0.15, -0.1) is 0 Å². The number of nitrogens with one attached hydrogen (secondary N) is 1. The zero-order valence-electron chi connectivity index (χ0n) is 16.2. The number of oxime groups is 1. The molecule has 1 saturated heterocycles. The SMILES string of the molecule is C[n+]1cccc2c1ccn2Cc1c(F)cc(C(N)=NOC2CCNCC2)cc1Cl. The maximum absolute atomic E-state index is 14.9. The van der Waals surface area contributed by atoms with Gasteiger partial charge in [0.25, 0.3) is 0 Å². The Kier molecular flexibility index (Phi) is 5.69. The fourth-order valence-electron chi connectivity index (χ4n) is 3.59. The molecule has 0 aliphatic carbocycles. The summed E-state index contributed by atoms with van der Waals surface area (Å²) < 4.78 is 18.9. The van der Waals surface area contributed by atoms with Crippen LogP contribution < -0.4 is 15.6 Å². The Morgan fingerprint density at radius 1 is 1.38 bits per heavy atom. The van der Waals surface area contributed by atoms with Gasteiger partial charge in [0.15, 0.2) is 12.0 Å². The minimum atomic E-state index is -0.422. The number of halogens is 2. The Bertz CT molecular complexity index is 1040. The number of aromatic nitrogens is 2. The lowest BCUT2D eigenvalue weighted by molar-refractivity contribution is -0.644. The molecular formula is C21H24ClFN5O+. The minimum absolute atomic E-state index is 0.0257. The van der Waals surface area contributed by atoms with Gasteiger partial charge in [-0.1, -0.05) is 16.8 Å². The standard InChI is InChI=1S/C21H24ClFN5O/c1-27-9-2-3-20-19(27)6-10-28(20)13-16-17(22)11-14(12-18(16)23)21(24)26-29-15-4-7-25-8-5-15/h2-3,6,9-12,15,25H,4-5,7-8,13H2,1H3,(H2,24,26)/q+1. The van der Waals surface area contributed by atoms with E-state index < -0.39 is 5.82 Å². The average molecular weight is 417 g/mol. The molecular weight excluding hydrogens is 393 g/mol. The monoisotopic (exact) mass is 416 g/mol. The van der Waals surface area contributed by atoms with Gasteiger partial charge in [-0.05, 0) is 44.1 Å². The van der Waals surface area contributed by atoms with Crippen LogP contribution >= 0.6 is 11.6 Å². The maximum atomic E-state index is 14.9. The number of benzene rings is 1. The van der Waals surface area contributed by atoms with E-state index in [1.807, 2.05) is 46.8 Å². The van der Waals surface area contributed by atoms with Crippen molar-refractivity contribution in [3.63, 3.8) is 0 Å².